The molecule has 0 unspecified atom stereocenters. The molecule has 0 saturated heterocycles. The van der Waals surface area contributed by atoms with Gasteiger partial charge in [0.05, 0.1) is 0 Å². The van der Waals surface area contributed by atoms with E-state index < -0.39 is 0 Å². The smallest absolute Gasteiger partial charge is 0.123 e. The largest absolute Gasteiger partial charge is 0.382 e. The first-order valence-electron chi connectivity index (χ1n) is 6.63. The van der Waals surface area contributed by atoms with Crippen molar-refractivity contribution in [3.63, 3.8) is 0 Å². The molecule has 1 nitrogen and oxygen atoms in total. The molecule has 0 saturated carbocycles. The average molecular weight is 277 g/mol. The SMILES string of the molecule is CC(C)Nc1cc(-c2ccc(F)cc2)sc1C(C)C. The van der Waals surface area contributed by atoms with Gasteiger partial charge in [0.1, 0.15) is 5.82 Å². The lowest BCUT2D eigenvalue weighted by molar-refractivity contribution is 0.628. The van der Waals surface area contributed by atoms with E-state index in [0.717, 1.165) is 5.56 Å². The van der Waals surface area contributed by atoms with Crippen LogP contribution in [0.2, 0.25) is 0 Å². The van der Waals surface area contributed by atoms with Gasteiger partial charge in [0, 0.05) is 21.5 Å². The van der Waals surface area contributed by atoms with E-state index in [1.54, 1.807) is 11.3 Å². The van der Waals surface area contributed by atoms with Gasteiger partial charge in [-0.3, -0.25) is 0 Å². The van der Waals surface area contributed by atoms with Crippen LogP contribution in [0.15, 0.2) is 30.3 Å². The lowest BCUT2D eigenvalue weighted by Gasteiger charge is -2.12. The highest BCUT2D eigenvalue weighted by Gasteiger charge is 2.14. The Morgan fingerprint density at radius 2 is 1.68 bits per heavy atom. The number of thiophene rings is 1. The van der Waals surface area contributed by atoms with Gasteiger partial charge in [0.25, 0.3) is 0 Å². The molecule has 0 amide bonds. The van der Waals surface area contributed by atoms with Crippen molar-refractivity contribution in [3.8, 4) is 10.4 Å². The van der Waals surface area contributed by atoms with Crippen molar-refractivity contribution in [2.45, 2.75) is 39.7 Å². The molecule has 0 radical (unpaired) electrons. The summed E-state index contributed by atoms with van der Waals surface area (Å²) in [6, 6.07) is 9.29. The van der Waals surface area contributed by atoms with E-state index >= 15 is 0 Å². The molecule has 3 heteroatoms. The second-order valence-corrected chi connectivity index (χ2v) is 6.43. The van der Waals surface area contributed by atoms with E-state index in [1.807, 2.05) is 12.1 Å². The monoisotopic (exact) mass is 277 g/mol. The molecule has 1 N–H and O–H groups in total. The number of anilines is 1. The molecule has 1 aromatic heterocycles. The number of nitrogens with one attached hydrogen (secondary N) is 1. The van der Waals surface area contributed by atoms with Gasteiger partial charge in [0.2, 0.25) is 0 Å². The molecule has 0 aliphatic heterocycles. The van der Waals surface area contributed by atoms with Crippen LogP contribution in [-0.4, -0.2) is 6.04 Å². The normalized spacial score (nSPS) is 11.3. The van der Waals surface area contributed by atoms with Crippen LogP contribution in [0.5, 0.6) is 0 Å². The maximum atomic E-state index is 13.0. The van der Waals surface area contributed by atoms with Crippen LogP contribution in [0.25, 0.3) is 10.4 Å². The topological polar surface area (TPSA) is 12.0 Å². The lowest BCUT2D eigenvalue weighted by Crippen LogP contribution is -2.10. The van der Waals surface area contributed by atoms with Gasteiger partial charge in [-0.15, -0.1) is 11.3 Å². The van der Waals surface area contributed by atoms with Crippen LogP contribution in [0.4, 0.5) is 10.1 Å². The minimum absolute atomic E-state index is 0.190. The van der Waals surface area contributed by atoms with Crippen molar-refractivity contribution >= 4 is 17.0 Å². The Hall–Kier alpha value is -1.35. The molecular formula is C16H20FNS. The lowest BCUT2D eigenvalue weighted by atomic mass is 10.1. The van der Waals surface area contributed by atoms with Gasteiger partial charge in [-0.2, -0.15) is 0 Å². The van der Waals surface area contributed by atoms with Crippen LogP contribution in [-0.2, 0) is 0 Å². The summed E-state index contributed by atoms with van der Waals surface area (Å²) in [4.78, 5) is 2.54. The van der Waals surface area contributed by atoms with Gasteiger partial charge >= 0.3 is 0 Å². The van der Waals surface area contributed by atoms with Crippen LogP contribution in [0.1, 0.15) is 38.5 Å². The summed E-state index contributed by atoms with van der Waals surface area (Å²) in [5, 5.41) is 3.49. The summed E-state index contributed by atoms with van der Waals surface area (Å²) >= 11 is 1.78. The zero-order chi connectivity index (χ0) is 14.0. The van der Waals surface area contributed by atoms with Crippen LogP contribution < -0.4 is 5.32 Å². The predicted molar refractivity (Wildman–Crippen MR) is 82.6 cm³/mol. The van der Waals surface area contributed by atoms with E-state index in [-0.39, 0.29) is 5.82 Å². The highest BCUT2D eigenvalue weighted by atomic mass is 32.1. The highest BCUT2D eigenvalue weighted by molar-refractivity contribution is 7.16. The molecule has 2 rings (SSSR count). The Balaban J connectivity index is 2.39. The molecule has 1 aromatic carbocycles. The van der Waals surface area contributed by atoms with Gasteiger partial charge in [0.15, 0.2) is 0 Å². The number of rotatable bonds is 4. The van der Waals surface area contributed by atoms with E-state index in [2.05, 4.69) is 39.1 Å². The van der Waals surface area contributed by atoms with E-state index in [9.17, 15) is 4.39 Å². The molecule has 102 valence electrons. The summed E-state index contributed by atoms with van der Waals surface area (Å²) < 4.78 is 13.0. The molecule has 0 aliphatic rings. The fraction of sp³-hybridized carbons (Fsp3) is 0.375. The first kappa shape index (κ1) is 14.1. The highest BCUT2D eigenvalue weighted by Crippen LogP contribution is 2.39. The fourth-order valence-electron chi connectivity index (χ4n) is 2.01. The molecule has 0 fully saturated rings. The van der Waals surface area contributed by atoms with Gasteiger partial charge in [-0.25, -0.2) is 4.39 Å². The summed E-state index contributed by atoms with van der Waals surface area (Å²) in [5.74, 6) is 0.297. The van der Waals surface area contributed by atoms with Crippen molar-refractivity contribution in [1.82, 2.24) is 0 Å². The Bertz CT molecular complexity index is 540. The van der Waals surface area contributed by atoms with E-state index in [4.69, 9.17) is 0 Å². The molecule has 2 aromatic rings. The third kappa shape index (κ3) is 3.35. The minimum atomic E-state index is -0.190. The second-order valence-electron chi connectivity index (χ2n) is 5.35. The minimum Gasteiger partial charge on any atom is -0.382 e. The first-order valence-corrected chi connectivity index (χ1v) is 7.45. The van der Waals surface area contributed by atoms with Crippen molar-refractivity contribution in [2.75, 3.05) is 5.32 Å². The molecule has 0 aliphatic carbocycles. The van der Waals surface area contributed by atoms with E-state index in [1.165, 1.54) is 27.6 Å². The fourth-order valence-corrected chi connectivity index (χ4v) is 3.15. The van der Waals surface area contributed by atoms with Gasteiger partial charge in [-0.1, -0.05) is 26.0 Å². The molecular weight excluding hydrogens is 257 g/mol. The number of benzene rings is 1. The Kier molecular flexibility index (Phi) is 4.25. The quantitative estimate of drug-likeness (QED) is 0.778. The second kappa shape index (κ2) is 5.74. The van der Waals surface area contributed by atoms with Crippen LogP contribution >= 0.6 is 11.3 Å². The third-order valence-corrected chi connectivity index (χ3v) is 4.34. The Morgan fingerprint density at radius 1 is 1.05 bits per heavy atom. The van der Waals surface area contributed by atoms with Crippen molar-refractivity contribution in [2.24, 2.45) is 0 Å². The zero-order valence-corrected chi connectivity index (χ0v) is 12.6. The maximum Gasteiger partial charge on any atom is 0.123 e. The van der Waals surface area contributed by atoms with Crippen LogP contribution in [0, 0.1) is 5.82 Å². The van der Waals surface area contributed by atoms with Crippen molar-refractivity contribution < 1.29 is 4.39 Å². The maximum absolute atomic E-state index is 13.0. The van der Waals surface area contributed by atoms with Gasteiger partial charge in [-0.05, 0) is 43.5 Å². The summed E-state index contributed by atoms with van der Waals surface area (Å²) in [6.45, 7) is 8.68. The third-order valence-electron chi connectivity index (χ3n) is 2.86. The van der Waals surface area contributed by atoms with E-state index in [0.29, 0.717) is 12.0 Å². The summed E-state index contributed by atoms with van der Waals surface area (Å²) in [5.41, 5.74) is 2.28. The summed E-state index contributed by atoms with van der Waals surface area (Å²) in [7, 11) is 0. The first-order chi connectivity index (χ1) is 8.97. The zero-order valence-electron chi connectivity index (χ0n) is 11.8. The molecule has 0 bridgehead atoms. The van der Waals surface area contributed by atoms with Crippen molar-refractivity contribution in [1.29, 1.82) is 0 Å². The Morgan fingerprint density at radius 3 is 2.21 bits per heavy atom. The summed E-state index contributed by atoms with van der Waals surface area (Å²) in [6.07, 6.45) is 0. The predicted octanol–water partition coefficient (Wildman–Crippen LogP) is 5.50. The van der Waals surface area contributed by atoms with Crippen molar-refractivity contribution in [3.05, 3.63) is 41.0 Å². The average Bonchev–Trinajstić information content (AvgIpc) is 2.73. The number of hydrogen-bond acceptors (Lipinski definition) is 2. The van der Waals surface area contributed by atoms with Gasteiger partial charge < -0.3 is 5.32 Å². The standard InChI is InChI=1S/C16H20FNS/c1-10(2)16-14(18-11(3)4)9-15(19-16)12-5-7-13(17)8-6-12/h5-11,18H,1-4H3. The molecule has 1 heterocycles. The number of hydrogen-bond donors (Lipinski definition) is 1. The Labute approximate surface area is 118 Å². The molecule has 0 atom stereocenters. The molecule has 0 spiro atoms. The van der Waals surface area contributed by atoms with Crippen LogP contribution in [0.3, 0.4) is 0 Å². The molecule has 19 heavy (non-hydrogen) atoms. The number of halogens is 1.